The first-order valence-corrected chi connectivity index (χ1v) is 6.51. The summed E-state index contributed by atoms with van der Waals surface area (Å²) in [5.41, 5.74) is 2.40. The normalized spacial score (nSPS) is 17.7. The molecule has 0 aliphatic carbocycles. The van der Waals surface area contributed by atoms with Crippen LogP contribution in [0, 0.1) is 0 Å². The highest BCUT2D eigenvalue weighted by molar-refractivity contribution is 5.88. The molecule has 20 heavy (non-hydrogen) atoms. The standard InChI is InChI=1S/C16H15NO3/c18-16(19)12-6-7-13-9-17-14(10-20-15(13)8-12)11-4-2-1-3-5-11/h1-8,14,17H,9-10H2,(H,18,19). The van der Waals surface area contributed by atoms with E-state index in [4.69, 9.17) is 9.84 Å². The molecule has 2 aromatic rings. The molecule has 1 aliphatic rings. The Kier molecular flexibility index (Phi) is 3.39. The molecular formula is C16H15NO3. The summed E-state index contributed by atoms with van der Waals surface area (Å²) in [7, 11) is 0. The molecule has 1 atom stereocenters. The quantitative estimate of drug-likeness (QED) is 0.880. The van der Waals surface area contributed by atoms with Crippen molar-refractivity contribution in [2.75, 3.05) is 6.61 Å². The van der Waals surface area contributed by atoms with Gasteiger partial charge < -0.3 is 15.2 Å². The SMILES string of the molecule is O=C(O)c1ccc2c(c1)OCC(c1ccccc1)NC2. The van der Waals surface area contributed by atoms with Gasteiger partial charge in [0.1, 0.15) is 12.4 Å². The van der Waals surface area contributed by atoms with Crippen LogP contribution in [0.25, 0.3) is 0 Å². The van der Waals surface area contributed by atoms with Gasteiger partial charge in [-0.3, -0.25) is 0 Å². The van der Waals surface area contributed by atoms with Crippen LogP contribution in [-0.2, 0) is 6.54 Å². The van der Waals surface area contributed by atoms with Gasteiger partial charge in [0.15, 0.2) is 0 Å². The van der Waals surface area contributed by atoms with Gasteiger partial charge in [0.2, 0.25) is 0 Å². The van der Waals surface area contributed by atoms with Crippen molar-refractivity contribution >= 4 is 5.97 Å². The Bertz CT molecular complexity index is 625. The molecule has 0 amide bonds. The first kappa shape index (κ1) is 12.7. The maximum absolute atomic E-state index is 11.0. The van der Waals surface area contributed by atoms with Crippen molar-refractivity contribution in [1.82, 2.24) is 5.32 Å². The highest BCUT2D eigenvalue weighted by Crippen LogP contribution is 2.26. The van der Waals surface area contributed by atoms with Crippen molar-refractivity contribution in [2.45, 2.75) is 12.6 Å². The van der Waals surface area contributed by atoms with E-state index < -0.39 is 5.97 Å². The van der Waals surface area contributed by atoms with E-state index in [-0.39, 0.29) is 11.6 Å². The Balaban J connectivity index is 1.83. The number of nitrogens with one attached hydrogen (secondary N) is 1. The molecule has 0 spiro atoms. The Morgan fingerprint density at radius 2 is 2.00 bits per heavy atom. The maximum atomic E-state index is 11.0. The van der Waals surface area contributed by atoms with Crippen LogP contribution in [0.4, 0.5) is 0 Å². The summed E-state index contributed by atoms with van der Waals surface area (Å²) in [6.07, 6.45) is 0. The molecular weight excluding hydrogens is 254 g/mol. The summed E-state index contributed by atoms with van der Waals surface area (Å²) < 4.78 is 5.78. The van der Waals surface area contributed by atoms with E-state index in [1.54, 1.807) is 18.2 Å². The number of ether oxygens (including phenoxy) is 1. The van der Waals surface area contributed by atoms with E-state index in [0.717, 1.165) is 5.56 Å². The molecule has 1 unspecified atom stereocenters. The average molecular weight is 269 g/mol. The minimum absolute atomic E-state index is 0.108. The largest absolute Gasteiger partial charge is 0.491 e. The molecule has 102 valence electrons. The molecule has 0 fully saturated rings. The third-order valence-corrected chi connectivity index (χ3v) is 3.46. The predicted molar refractivity (Wildman–Crippen MR) is 74.9 cm³/mol. The van der Waals surface area contributed by atoms with Gasteiger partial charge in [-0.15, -0.1) is 0 Å². The molecule has 0 aromatic heterocycles. The van der Waals surface area contributed by atoms with Gasteiger partial charge in [-0.05, 0) is 17.7 Å². The first-order valence-electron chi connectivity index (χ1n) is 6.51. The minimum Gasteiger partial charge on any atom is -0.491 e. The molecule has 2 N–H and O–H groups in total. The summed E-state index contributed by atoms with van der Waals surface area (Å²) in [6.45, 7) is 1.15. The van der Waals surface area contributed by atoms with Gasteiger partial charge in [-0.25, -0.2) is 4.79 Å². The lowest BCUT2D eigenvalue weighted by atomic mass is 10.1. The van der Waals surface area contributed by atoms with Crippen LogP contribution in [-0.4, -0.2) is 17.7 Å². The van der Waals surface area contributed by atoms with Crippen molar-refractivity contribution in [3.8, 4) is 5.75 Å². The molecule has 0 bridgehead atoms. The van der Waals surface area contributed by atoms with E-state index in [2.05, 4.69) is 17.4 Å². The number of fused-ring (bicyclic) bond motifs is 1. The second-order valence-corrected chi connectivity index (χ2v) is 4.78. The molecule has 0 saturated heterocycles. The van der Waals surface area contributed by atoms with Crippen LogP contribution in [0.3, 0.4) is 0 Å². The first-order chi connectivity index (χ1) is 9.74. The van der Waals surface area contributed by atoms with Gasteiger partial charge in [0, 0.05) is 12.1 Å². The predicted octanol–water partition coefficient (Wildman–Crippen LogP) is 2.61. The van der Waals surface area contributed by atoms with E-state index in [9.17, 15) is 4.79 Å². The summed E-state index contributed by atoms with van der Waals surface area (Å²) in [4.78, 5) is 11.0. The molecule has 3 rings (SSSR count). The smallest absolute Gasteiger partial charge is 0.335 e. The lowest BCUT2D eigenvalue weighted by Gasteiger charge is -2.15. The number of hydrogen-bond donors (Lipinski definition) is 2. The van der Waals surface area contributed by atoms with Crippen LogP contribution >= 0.6 is 0 Å². The Morgan fingerprint density at radius 3 is 2.75 bits per heavy atom. The van der Waals surface area contributed by atoms with Crippen molar-refractivity contribution in [3.63, 3.8) is 0 Å². The van der Waals surface area contributed by atoms with Crippen LogP contribution in [0.1, 0.15) is 27.5 Å². The highest BCUT2D eigenvalue weighted by atomic mass is 16.5. The van der Waals surface area contributed by atoms with Crippen LogP contribution in [0.5, 0.6) is 5.75 Å². The second kappa shape index (κ2) is 5.35. The van der Waals surface area contributed by atoms with Gasteiger partial charge >= 0.3 is 5.97 Å². The topological polar surface area (TPSA) is 58.6 Å². The fourth-order valence-electron chi connectivity index (χ4n) is 2.33. The van der Waals surface area contributed by atoms with Crippen LogP contribution in [0.15, 0.2) is 48.5 Å². The van der Waals surface area contributed by atoms with Crippen molar-refractivity contribution in [3.05, 3.63) is 65.2 Å². The Labute approximate surface area is 117 Å². The molecule has 2 aromatic carbocycles. The molecule has 4 heteroatoms. The lowest BCUT2D eigenvalue weighted by Crippen LogP contribution is -2.23. The zero-order valence-corrected chi connectivity index (χ0v) is 10.9. The van der Waals surface area contributed by atoms with Gasteiger partial charge in [0.05, 0.1) is 11.6 Å². The number of benzene rings is 2. The molecule has 1 aliphatic heterocycles. The Hall–Kier alpha value is -2.33. The molecule has 4 nitrogen and oxygen atoms in total. The van der Waals surface area contributed by atoms with Crippen molar-refractivity contribution in [2.24, 2.45) is 0 Å². The van der Waals surface area contributed by atoms with E-state index in [1.807, 2.05) is 18.2 Å². The number of hydrogen-bond acceptors (Lipinski definition) is 3. The van der Waals surface area contributed by atoms with Crippen molar-refractivity contribution in [1.29, 1.82) is 0 Å². The number of carboxylic acid groups (broad SMARTS) is 1. The van der Waals surface area contributed by atoms with Crippen LogP contribution in [0.2, 0.25) is 0 Å². The summed E-state index contributed by atoms with van der Waals surface area (Å²) in [5, 5.41) is 12.4. The third kappa shape index (κ3) is 2.51. The Morgan fingerprint density at radius 1 is 1.20 bits per heavy atom. The van der Waals surface area contributed by atoms with Gasteiger partial charge in [-0.2, -0.15) is 0 Å². The number of aromatic carboxylic acids is 1. The third-order valence-electron chi connectivity index (χ3n) is 3.46. The lowest BCUT2D eigenvalue weighted by molar-refractivity contribution is 0.0696. The molecule has 1 heterocycles. The van der Waals surface area contributed by atoms with Gasteiger partial charge in [-0.1, -0.05) is 36.4 Å². The summed E-state index contributed by atoms with van der Waals surface area (Å²) >= 11 is 0. The highest BCUT2D eigenvalue weighted by Gasteiger charge is 2.19. The van der Waals surface area contributed by atoms with Gasteiger partial charge in [0.25, 0.3) is 0 Å². The summed E-state index contributed by atoms with van der Waals surface area (Å²) in [6, 6.07) is 15.2. The summed E-state index contributed by atoms with van der Waals surface area (Å²) in [5.74, 6) is -0.288. The van der Waals surface area contributed by atoms with Crippen molar-refractivity contribution < 1.29 is 14.6 Å². The van der Waals surface area contributed by atoms with E-state index in [1.165, 1.54) is 5.56 Å². The fraction of sp³-hybridized carbons (Fsp3) is 0.188. The number of rotatable bonds is 2. The monoisotopic (exact) mass is 269 g/mol. The maximum Gasteiger partial charge on any atom is 0.335 e. The molecule has 0 saturated carbocycles. The zero-order valence-electron chi connectivity index (χ0n) is 10.9. The average Bonchev–Trinajstić information content (AvgIpc) is 2.70. The van der Waals surface area contributed by atoms with E-state index >= 15 is 0 Å². The minimum atomic E-state index is -0.937. The number of carboxylic acids is 1. The van der Waals surface area contributed by atoms with Crippen LogP contribution < -0.4 is 10.1 Å². The second-order valence-electron chi connectivity index (χ2n) is 4.78. The van der Waals surface area contributed by atoms with E-state index in [0.29, 0.717) is 18.9 Å². The zero-order chi connectivity index (χ0) is 13.9. The number of carbonyl (C=O) groups is 1. The molecule has 0 radical (unpaired) electrons. The fourth-order valence-corrected chi connectivity index (χ4v) is 2.33.